The van der Waals surface area contributed by atoms with Gasteiger partial charge in [-0.15, -0.1) is 0 Å². The van der Waals surface area contributed by atoms with E-state index in [4.69, 9.17) is 21.6 Å². The minimum Gasteiger partial charge on any atom is -0.366 e. The first-order valence-electron chi connectivity index (χ1n) is 3.48. The lowest BCUT2D eigenvalue weighted by Crippen LogP contribution is -1.89. The lowest BCUT2D eigenvalue weighted by atomic mass is 10.2. The number of ether oxygens (including phenoxy) is 1. The van der Waals surface area contributed by atoms with E-state index in [1.165, 1.54) is 6.20 Å². The van der Waals surface area contributed by atoms with Gasteiger partial charge in [-0.2, -0.15) is 5.26 Å². The lowest BCUT2D eigenvalue weighted by molar-refractivity contribution is 0.411. The Labute approximate surface area is 74.5 Å². The molecule has 2 rings (SSSR count). The van der Waals surface area contributed by atoms with Crippen molar-refractivity contribution in [2.24, 2.45) is 0 Å². The highest BCUT2D eigenvalue weighted by molar-refractivity contribution is 6.31. The van der Waals surface area contributed by atoms with Crippen LogP contribution in [0.15, 0.2) is 12.3 Å². The van der Waals surface area contributed by atoms with E-state index in [0.717, 1.165) is 5.69 Å². The topological polar surface area (TPSA) is 49.2 Å². The molecule has 1 aromatic rings. The molecule has 60 valence electrons. The van der Waals surface area contributed by atoms with Crippen LogP contribution in [0.3, 0.4) is 0 Å². The molecule has 1 fully saturated rings. The number of rotatable bonds is 1. The smallest absolute Gasteiger partial charge is 0.124 e. The number of nitriles is 1. The second-order valence-electron chi connectivity index (χ2n) is 2.52. The van der Waals surface area contributed by atoms with E-state index in [1.54, 1.807) is 6.07 Å². The van der Waals surface area contributed by atoms with Crippen molar-refractivity contribution in [3.63, 3.8) is 0 Å². The molecule has 12 heavy (non-hydrogen) atoms. The van der Waals surface area contributed by atoms with Gasteiger partial charge in [0.1, 0.15) is 12.2 Å². The first kappa shape index (κ1) is 7.53. The minimum atomic E-state index is 0.0465. The number of epoxide rings is 1. The van der Waals surface area contributed by atoms with Crippen LogP contribution in [0.25, 0.3) is 0 Å². The molecule has 1 aliphatic rings. The molecular weight excluding hydrogens is 176 g/mol. The van der Waals surface area contributed by atoms with Crippen LogP contribution in [0.4, 0.5) is 0 Å². The molecule has 1 atom stereocenters. The van der Waals surface area contributed by atoms with Gasteiger partial charge in [-0.1, -0.05) is 11.6 Å². The zero-order valence-corrected chi connectivity index (χ0v) is 6.88. The summed E-state index contributed by atoms with van der Waals surface area (Å²) < 4.78 is 5.02. The zero-order valence-electron chi connectivity index (χ0n) is 6.12. The number of aromatic nitrogens is 1. The van der Waals surface area contributed by atoms with Crippen molar-refractivity contribution in [3.8, 4) is 6.07 Å². The molecule has 1 unspecified atom stereocenters. The fourth-order valence-corrected chi connectivity index (χ4v) is 1.24. The Morgan fingerprint density at radius 2 is 2.50 bits per heavy atom. The van der Waals surface area contributed by atoms with E-state index in [1.807, 2.05) is 6.07 Å². The second kappa shape index (κ2) is 2.74. The van der Waals surface area contributed by atoms with Crippen molar-refractivity contribution >= 4 is 11.6 Å². The molecule has 0 bridgehead atoms. The van der Waals surface area contributed by atoms with Crippen molar-refractivity contribution in [3.05, 3.63) is 28.5 Å². The quantitative estimate of drug-likeness (QED) is 0.618. The van der Waals surface area contributed by atoms with E-state index in [0.29, 0.717) is 17.2 Å². The van der Waals surface area contributed by atoms with Crippen LogP contribution < -0.4 is 0 Å². The highest BCUT2D eigenvalue weighted by Gasteiger charge is 2.28. The van der Waals surface area contributed by atoms with Gasteiger partial charge in [0.2, 0.25) is 0 Å². The maximum Gasteiger partial charge on any atom is 0.124 e. The molecule has 4 heteroatoms. The van der Waals surface area contributed by atoms with Gasteiger partial charge < -0.3 is 4.74 Å². The SMILES string of the molecule is N#Cc1cnc(C2CO2)c(Cl)c1. The molecule has 1 aromatic heterocycles. The Balaban J connectivity index is 2.40. The molecule has 2 heterocycles. The summed E-state index contributed by atoms with van der Waals surface area (Å²) in [5.41, 5.74) is 1.21. The first-order valence-corrected chi connectivity index (χ1v) is 3.86. The minimum absolute atomic E-state index is 0.0465. The van der Waals surface area contributed by atoms with Gasteiger partial charge in [-0.3, -0.25) is 4.98 Å². The normalized spacial score (nSPS) is 20.2. The molecular formula is C8H5ClN2O. The van der Waals surface area contributed by atoms with Crippen LogP contribution in [0, 0.1) is 11.3 Å². The molecule has 0 amide bonds. The first-order chi connectivity index (χ1) is 5.81. The Morgan fingerprint density at radius 3 is 3.00 bits per heavy atom. The van der Waals surface area contributed by atoms with Crippen LogP contribution in [0.1, 0.15) is 17.4 Å². The second-order valence-corrected chi connectivity index (χ2v) is 2.93. The highest BCUT2D eigenvalue weighted by Crippen LogP contribution is 2.33. The summed E-state index contributed by atoms with van der Waals surface area (Å²) in [5, 5.41) is 9.04. The standard InChI is InChI=1S/C8H5ClN2O/c9-6-1-5(2-10)3-11-8(6)7-4-12-7/h1,3,7H,4H2. The lowest BCUT2D eigenvalue weighted by Gasteiger charge is -1.97. The van der Waals surface area contributed by atoms with Crippen LogP contribution in [0.2, 0.25) is 5.02 Å². The summed E-state index contributed by atoms with van der Waals surface area (Å²) in [7, 11) is 0. The Kier molecular flexibility index (Phi) is 1.72. The number of halogens is 1. The maximum atomic E-state index is 8.53. The van der Waals surface area contributed by atoms with Gasteiger partial charge in [0, 0.05) is 6.20 Å². The third-order valence-electron chi connectivity index (χ3n) is 1.64. The van der Waals surface area contributed by atoms with Crippen molar-refractivity contribution < 1.29 is 4.74 Å². The molecule has 0 saturated carbocycles. The fraction of sp³-hybridized carbons (Fsp3) is 0.250. The molecule has 0 aromatic carbocycles. The molecule has 0 radical (unpaired) electrons. The molecule has 0 N–H and O–H groups in total. The van der Waals surface area contributed by atoms with Crippen molar-refractivity contribution in [2.45, 2.75) is 6.10 Å². The predicted molar refractivity (Wildman–Crippen MR) is 42.7 cm³/mol. The largest absolute Gasteiger partial charge is 0.366 e. The number of hydrogen-bond acceptors (Lipinski definition) is 3. The van der Waals surface area contributed by atoms with Crippen LogP contribution in [0.5, 0.6) is 0 Å². The molecule has 0 spiro atoms. The Morgan fingerprint density at radius 1 is 1.75 bits per heavy atom. The van der Waals surface area contributed by atoms with E-state index in [9.17, 15) is 0 Å². The van der Waals surface area contributed by atoms with Crippen molar-refractivity contribution in [1.29, 1.82) is 5.26 Å². The summed E-state index contributed by atoms with van der Waals surface area (Å²) in [6.07, 6.45) is 1.55. The number of pyridine rings is 1. The van der Waals surface area contributed by atoms with Crippen LogP contribution in [-0.4, -0.2) is 11.6 Å². The summed E-state index contributed by atoms with van der Waals surface area (Å²) in [4.78, 5) is 4.03. The average Bonchev–Trinajstić information content (AvgIpc) is 2.87. The van der Waals surface area contributed by atoms with Gasteiger partial charge >= 0.3 is 0 Å². The van der Waals surface area contributed by atoms with E-state index in [-0.39, 0.29) is 6.10 Å². The highest BCUT2D eigenvalue weighted by atomic mass is 35.5. The third kappa shape index (κ3) is 1.27. The summed E-state index contributed by atoms with van der Waals surface area (Å²) >= 11 is 5.85. The maximum absolute atomic E-state index is 8.53. The summed E-state index contributed by atoms with van der Waals surface area (Å²) in [6.45, 7) is 0.679. The van der Waals surface area contributed by atoms with Gasteiger partial charge in [-0.25, -0.2) is 0 Å². The summed E-state index contributed by atoms with van der Waals surface area (Å²) in [5.74, 6) is 0. The monoisotopic (exact) mass is 180 g/mol. The molecule has 0 aliphatic carbocycles. The summed E-state index contributed by atoms with van der Waals surface area (Å²) in [6, 6.07) is 3.57. The van der Waals surface area contributed by atoms with Crippen molar-refractivity contribution in [1.82, 2.24) is 4.98 Å². The Hall–Kier alpha value is -1.11. The number of hydrogen-bond donors (Lipinski definition) is 0. The zero-order chi connectivity index (χ0) is 8.55. The van der Waals surface area contributed by atoms with E-state index < -0.39 is 0 Å². The average molecular weight is 181 g/mol. The molecule has 1 saturated heterocycles. The van der Waals surface area contributed by atoms with Crippen molar-refractivity contribution in [2.75, 3.05) is 6.61 Å². The van der Waals surface area contributed by atoms with E-state index in [2.05, 4.69) is 4.98 Å². The fourth-order valence-electron chi connectivity index (χ4n) is 0.953. The number of nitrogens with zero attached hydrogens (tertiary/aromatic N) is 2. The third-order valence-corrected chi connectivity index (χ3v) is 1.94. The van der Waals surface area contributed by atoms with Gasteiger partial charge in [0.15, 0.2) is 0 Å². The predicted octanol–water partition coefficient (Wildman–Crippen LogP) is 1.68. The van der Waals surface area contributed by atoms with Crippen LogP contribution >= 0.6 is 11.6 Å². The Bertz CT molecular complexity index is 355. The van der Waals surface area contributed by atoms with Gasteiger partial charge in [0.05, 0.1) is 22.9 Å². The molecule has 1 aliphatic heterocycles. The van der Waals surface area contributed by atoms with Gasteiger partial charge in [0.25, 0.3) is 0 Å². The van der Waals surface area contributed by atoms with Gasteiger partial charge in [-0.05, 0) is 6.07 Å². The van der Waals surface area contributed by atoms with E-state index >= 15 is 0 Å². The molecule has 3 nitrogen and oxygen atoms in total. The van der Waals surface area contributed by atoms with Crippen LogP contribution in [-0.2, 0) is 4.74 Å².